The third-order valence-corrected chi connectivity index (χ3v) is 5.72. The molecule has 0 aliphatic rings. The number of aromatic carboxylic acids is 1. The first-order chi connectivity index (χ1) is 15.9. The topological polar surface area (TPSA) is 122 Å². The Hall–Kier alpha value is -3.20. The van der Waals surface area contributed by atoms with Crippen molar-refractivity contribution in [3.8, 4) is 0 Å². The maximum absolute atomic E-state index is 13.3. The van der Waals surface area contributed by atoms with Crippen LogP contribution < -0.4 is 10.6 Å². The molecular formula is C25H32N2O6S. The number of hydrogen-bond acceptors (Lipinski definition) is 6. The van der Waals surface area contributed by atoms with Crippen LogP contribution in [0.1, 0.15) is 68.6 Å². The average Bonchev–Trinajstić information content (AvgIpc) is 3.24. The Morgan fingerprint density at radius 2 is 1.68 bits per heavy atom. The largest absolute Gasteiger partial charge is 0.478 e. The maximum Gasteiger partial charge on any atom is 0.335 e. The van der Waals surface area contributed by atoms with Crippen molar-refractivity contribution in [2.24, 2.45) is 5.92 Å². The Balaban J connectivity index is 2.17. The Morgan fingerprint density at radius 3 is 2.18 bits per heavy atom. The number of anilines is 1. The highest BCUT2D eigenvalue weighted by Crippen LogP contribution is 2.27. The third kappa shape index (κ3) is 8.62. The highest BCUT2D eigenvalue weighted by Gasteiger charge is 2.31. The Labute approximate surface area is 203 Å². The molecule has 34 heavy (non-hydrogen) atoms. The minimum Gasteiger partial charge on any atom is -0.478 e. The van der Waals surface area contributed by atoms with Crippen molar-refractivity contribution in [3.05, 3.63) is 52.2 Å². The molecule has 1 aromatic carbocycles. The Kier molecular flexibility index (Phi) is 9.37. The number of rotatable bonds is 10. The van der Waals surface area contributed by atoms with Crippen molar-refractivity contribution in [3.63, 3.8) is 0 Å². The van der Waals surface area contributed by atoms with Gasteiger partial charge in [-0.25, -0.2) is 4.79 Å². The van der Waals surface area contributed by atoms with Crippen molar-refractivity contribution < 1.29 is 29.0 Å². The summed E-state index contributed by atoms with van der Waals surface area (Å²) in [5, 5.41) is 16.4. The predicted octanol–water partition coefficient (Wildman–Crippen LogP) is 4.43. The van der Waals surface area contributed by atoms with E-state index in [1.165, 1.54) is 35.6 Å². The van der Waals surface area contributed by atoms with Crippen molar-refractivity contribution in [1.82, 2.24) is 5.32 Å². The molecular weight excluding hydrogens is 456 g/mol. The lowest BCUT2D eigenvalue weighted by Crippen LogP contribution is -2.46. The second-order valence-electron chi connectivity index (χ2n) is 9.42. The van der Waals surface area contributed by atoms with Gasteiger partial charge >= 0.3 is 11.9 Å². The van der Waals surface area contributed by atoms with Gasteiger partial charge in [-0.1, -0.05) is 19.9 Å². The normalized spacial score (nSPS) is 13.1. The number of ether oxygens (including phenoxy) is 1. The number of amides is 2. The fraction of sp³-hybridized carbons (Fsp3) is 0.440. The summed E-state index contributed by atoms with van der Waals surface area (Å²) in [5.74, 6) is -3.09. The molecule has 2 rings (SSSR count). The van der Waals surface area contributed by atoms with Gasteiger partial charge in [0.25, 0.3) is 0 Å². The van der Waals surface area contributed by atoms with Gasteiger partial charge in [-0.05, 0) is 68.8 Å². The Bertz CT molecular complexity index is 993. The molecule has 2 aromatic rings. The molecule has 3 N–H and O–H groups in total. The Morgan fingerprint density at radius 1 is 1.03 bits per heavy atom. The van der Waals surface area contributed by atoms with Crippen LogP contribution in [0.4, 0.5) is 5.69 Å². The smallest absolute Gasteiger partial charge is 0.335 e. The summed E-state index contributed by atoms with van der Waals surface area (Å²) in [7, 11) is 0. The summed E-state index contributed by atoms with van der Waals surface area (Å²) < 4.78 is 5.40. The van der Waals surface area contributed by atoms with Gasteiger partial charge in [-0.3, -0.25) is 14.4 Å². The van der Waals surface area contributed by atoms with E-state index in [1.807, 2.05) is 19.2 Å². The molecule has 8 nitrogen and oxygen atoms in total. The van der Waals surface area contributed by atoms with E-state index in [0.717, 1.165) is 0 Å². The second kappa shape index (κ2) is 11.8. The summed E-state index contributed by atoms with van der Waals surface area (Å²) in [5.41, 5.74) is -0.156. The van der Waals surface area contributed by atoms with Crippen LogP contribution in [0.3, 0.4) is 0 Å². The van der Waals surface area contributed by atoms with Gasteiger partial charge in [0, 0.05) is 10.6 Å². The number of esters is 1. The molecule has 2 atom stereocenters. The van der Waals surface area contributed by atoms with Crippen LogP contribution in [0.25, 0.3) is 0 Å². The predicted molar refractivity (Wildman–Crippen MR) is 131 cm³/mol. The number of carbonyl (C=O) groups excluding carboxylic acids is 3. The first-order valence-electron chi connectivity index (χ1n) is 11.1. The van der Waals surface area contributed by atoms with Crippen molar-refractivity contribution in [2.75, 3.05) is 5.32 Å². The van der Waals surface area contributed by atoms with Gasteiger partial charge in [0.1, 0.15) is 11.6 Å². The van der Waals surface area contributed by atoms with Gasteiger partial charge in [-0.15, -0.1) is 11.3 Å². The summed E-state index contributed by atoms with van der Waals surface area (Å²) >= 11 is 1.36. The molecule has 0 spiro atoms. The molecule has 0 aliphatic carbocycles. The van der Waals surface area contributed by atoms with Crippen molar-refractivity contribution in [2.45, 2.75) is 65.0 Å². The zero-order chi connectivity index (χ0) is 25.5. The molecule has 0 unspecified atom stereocenters. The van der Waals surface area contributed by atoms with Gasteiger partial charge in [-0.2, -0.15) is 0 Å². The van der Waals surface area contributed by atoms with E-state index in [1.54, 1.807) is 32.9 Å². The lowest BCUT2D eigenvalue weighted by molar-refractivity contribution is -0.156. The van der Waals surface area contributed by atoms with Crippen LogP contribution in [0, 0.1) is 5.92 Å². The lowest BCUT2D eigenvalue weighted by Gasteiger charge is -2.24. The van der Waals surface area contributed by atoms with E-state index in [-0.39, 0.29) is 17.9 Å². The third-order valence-electron chi connectivity index (χ3n) is 4.73. The SMILES string of the molecule is CC(C)C[C@H](NC(=O)[C@@H](CC(=O)OC(C)(C)C)c1cccs1)C(=O)Nc1ccc(C(=O)O)cc1. The first-order valence-corrected chi connectivity index (χ1v) is 11.9. The van der Waals surface area contributed by atoms with Crippen molar-refractivity contribution in [1.29, 1.82) is 0 Å². The summed E-state index contributed by atoms with van der Waals surface area (Å²) in [6.45, 7) is 9.16. The van der Waals surface area contributed by atoms with E-state index < -0.39 is 41.3 Å². The molecule has 0 radical (unpaired) electrons. The standard InChI is InChI=1S/C25H32N2O6S/c1-15(2)13-19(23(30)26-17-10-8-16(9-11-17)24(31)32)27-22(29)18(20-7-6-12-34-20)14-21(28)33-25(3,4)5/h6-12,15,18-19H,13-14H2,1-5H3,(H,26,30)(H,27,29)(H,31,32)/t18-,19-/m0/s1. The number of carboxylic acids is 1. The van der Waals surface area contributed by atoms with E-state index in [9.17, 15) is 19.2 Å². The number of nitrogens with one attached hydrogen (secondary N) is 2. The summed E-state index contributed by atoms with van der Waals surface area (Å²) in [6, 6.07) is 8.50. The fourth-order valence-corrected chi connectivity index (χ4v) is 4.09. The van der Waals surface area contributed by atoms with Crippen LogP contribution in [0.2, 0.25) is 0 Å². The van der Waals surface area contributed by atoms with Gasteiger partial charge < -0.3 is 20.5 Å². The molecule has 9 heteroatoms. The maximum atomic E-state index is 13.3. The minimum absolute atomic E-state index is 0.103. The zero-order valence-corrected chi connectivity index (χ0v) is 20.9. The van der Waals surface area contributed by atoms with E-state index in [4.69, 9.17) is 9.84 Å². The van der Waals surface area contributed by atoms with E-state index in [2.05, 4.69) is 10.6 Å². The number of thiophene rings is 1. The summed E-state index contributed by atoms with van der Waals surface area (Å²) in [6.07, 6.45) is 0.241. The van der Waals surface area contributed by atoms with Crippen molar-refractivity contribution >= 4 is 40.8 Å². The number of carboxylic acid groups (broad SMARTS) is 1. The molecule has 0 saturated carbocycles. The van der Waals surface area contributed by atoms with Gasteiger partial charge in [0.05, 0.1) is 17.9 Å². The molecule has 1 heterocycles. The summed E-state index contributed by atoms with van der Waals surface area (Å²) in [4.78, 5) is 50.4. The number of hydrogen-bond donors (Lipinski definition) is 3. The monoisotopic (exact) mass is 488 g/mol. The first kappa shape index (κ1) is 27.0. The molecule has 0 bridgehead atoms. The van der Waals surface area contributed by atoms with Gasteiger partial charge in [0.2, 0.25) is 11.8 Å². The highest BCUT2D eigenvalue weighted by molar-refractivity contribution is 7.10. The van der Waals surface area contributed by atoms with Crippen LogP contribution in [-0.2, 0) is 19.1 Å². The molecule has 1 aromatic heterocycles. The minimum atomic E-state index is -1.06. The van der Waals surface area contributed by atoms with Gasteiger partial charge in [0.15, 0.2) is 0 Å². The lowest BCUT2D eigenvalue weighted by atomic mass is 9.99. The quantitative estimate of drug-likeness (QED) is 0.425. The van der Waals surface area contributed by atoms with Crippen LogP contribution in [0.15, 0.2) is 41.8 Å². The number of benzene rings is 1. The van der Waals surface area contributed by atoms with Crippen LogP contribution in [-0.4, -0.2) is 40.5 Å². The molecule has 0 fully saturated rings. The second-order valence-corrected chi connectivity index (χ2v) is 10.4. The zero-order valence-electron chi connectivity index (χ0n) is 20.1. The van der Waals surface area contributed by atoms with Crippen LogP contribution in [0.5, 0.6) is 0 Å². The van der Waals surface area contributed by atoms with E-state index >= 15 is 0 Å². The van der Waals surface area contributed by atoms with E-state index in [0.29, 0.717) is 17.0 Å². The molecule has 2 amide bonds. The average molecular weight is 489 g/mol. The molecule has 0 saturated heterocycles. The van der Waals surface area contributed by atoms with Crippen LogP contribution >= 0.6 is 11.3 Å². The molecule has 184 valence electrons. The number of carbonyl (C=O) groups is 4. The highest BCUT2D eigenvalue weighted by atomic mass is 32.1. The fourth-order valence-electron chi connectivity index (χ4n) is 3.26. The molecule has 0 aliphatic heterocycles.